The van der Waals surface area contributed by atoms with Gasteiger partial charge >= 0.3 is 5.97 Å². The Labute approximate surface area is 141 Å². The third-order valence-electron chi connectivity index (χ3n) is 3.38. The number of benzene rings is 1. The summed E-state index contributed by atoms with van der Waals surface area (Å²) < 4.78 is 10.3. The first-order valence-electron chi connectivity index (χ1n) is 8.06. The van der Waals surface area contributed by atoms with Crippen LogP contribution in [0.4, 0.5) is 0 Å². The summed E-state index contributed by atoms with van der Waals surface area (Å²) in [5.74, 6) is 0.212. The van der Waals surface area contributed by atoms with E-state index in [1.807, 2.05) is 43.3 Å². The Morgan fingerprint density at radius 3 is 2.58 bits per heavy atom. The predicted octanol–water partition coefficient (Wildman–Crippen LogP) is 2.64. The van der Waals surface area contributed by atoms with Crippen molar-refractivity contribution in [1.82, 2.24) is 5.01 Å². The van der Waals surface area contributed by atoms with Gasteiger partial charge in [0.25, 0.3) is 0 Å². The van der Waals surface area contributed by atoms with E-state index >= 15 is 0 Å². The summed E-state index contributed by atoms with van der Waals surface area (Å²) in [5.41, 5.74) is 1.77. The summed E-state index contributed by atoms with van der Waals surface area (Å²) >= 11 is 0. The van der Waals surface area contributed by atoms with Crippen LogP contribution in [-0.2, 0) is 14.3 Å². The van der Waals surface area contributed by atoms with Crippen LogP contribution in [0, 0.1) is 0 Å². The molecule has 0 spiro atoms. The monoisotopic (exact) mass is 330 g/mol. The molecule has 1 amide bonds. The fraction of sp³-hybridized carbons (Fsp3) is 0.389. The number of carbonyl (C=O) groups is 2. The first-order chi connectivity index (χ1) is 11.6. The van der Waals surface area contributed by atoms with Crippen molar-refractivity contribution in [2.75, 3.05) is 19.8 Å². The molecule has 24 heavy (non-hydrogen) atoms. The van der Waals surface area contributed by atoms with Crippen LogP contribution in [0.5, 0.6) is 5.75 Å². The van der Waals surface area contributed by atoms with E-state index in [1.54, 1.807) is 6.92 Å². The lowest BCUT2D eigenvalue weighted by Gasteiger charge is -2.21. The number of amides is 1. The lowest BCUT2D eigenvalue weighted by molar-refractivity contribution is -0.149. The Morgan fingerprint density at radius 2 is 1.92 bits per heavy atom. The summed E-state index contributed by atoms with van der Waals surface area (Å²) in [5, 5.41) is 5.42. The van der Waals surface area contributed by atoms with Crippen molar-refractivity contribution in [2.24, 2.45) is 5.10 Å². The third-order valence-corrected chi connectivity index (χ3v) is 3.38. The lowest BCUT2D eigenvalue weighted by Crippen LogP contribution is -2.36. The Hall–Kier alpha value is -2.63. The second-order valence-electron chi connectivity index (χ2n) is 5.18. The van der Waals surface area contributed by atoms with Crippen LogP contribution in [0.1, 0.15) is 32.3 Å². The second kappa shape index (κ2) is 8.86. The van der Waals surface area contributed by atoms with E-state index in [1.165, 1.54) is 5.01 Å². The average molecular weight is 330 g/mol. The highest BCUT2D eigenvalue weighted by Crippen LogP contribution is 2.15. The molecule has 6 nitrogen and oxygen atoms in total. The molecule has 0 bridgehead atoms. The van der Waals surface area contributed by atoms with Gasteiger partial charge in [-0.25, -0.2) is 5.01 Å². The maximum Gasteiger partial charge on any atom is 0.327 e. The minimum absolute atomic E-state index is 0.146. The lowest BCUT2D eigenvalue weighted by atomic mass is 10.1. The van der Waals surface area contributed by atoms with Crippen molar-refractivity contribution < 1.29 is 19.1 Å². The summed E-state index contributed by atoms with van der Waals surface area (Å²) in [4.78, 5) is 23.3. The standard InChI is InChI=1S/C18H22N2O4/c1-3-23-16-10-6-14(7-11-16)5-8-15-9-12-17(21)20(19-15)13-18(22)24-4-2/h5-8,10-11H,3-4,9,12-13H2,1-2H3. The Kier molecular flexibility index (Phi) is 6.54. The number of nitrogens with zero attached hydrogens (tertiary/aromatic N) is 2. The second-order valence-corrected chi connectivity index (χ2v) is 5.18. The molecule has 1 aliphatic heterocycles. The number of hydrogen-bond donors (Lipinski definition) is 0. The SMILES string of the molecule is CCOC(=O)CN1N=C(C=Cc2ccc(OCC)cc2)CCC1=O. The number of hydrogen-bond acceptors (Lipinski definition) is 5. The van der Waals surface area contributed by atoms with Gasteiger partial charge in [-0.1, -0.05) is 18.2 Å². The van der Waals surface area contributed by atoms with E-state index in [-0.39, 0.29) is 19.1 Å². The zero-order valence-corrected chi connectivity index (χ0v) is 14.0. The van der Waals surface area contributed by atoms with Crippen LogP contribution in [0.25, 0.3) is 6.08 Å². The minimum Gasteiger partial charge on any atom is -0.494 e. The number of esters is 1. The first-order valence-corrected chi connectivity index (χ1v) is 8.06. The van der Waals surface area contributed by atoms with Crippen LogP contribution in [0.15, 0.2) is 35.4 Å². The van der Waals surface area contributed by atoms with Gasteiger partial charge in [0.2, 0.25) is 5.91 Å². The van der Waals surface area contributed by atoms with Gasteiger partial charge in [-0.2, -0.15) is 5.10 Å². The van der Waals surface area contributed by atoms with Gasteiger partial charge in [0.15, 0.2) is 0 Å². The van der Waals surface area contributed by atoms with E-state index in [4.69, 9.17) is 9.47 Å². The molecule has 6 heteroatoms. The molecule has 1 heterocycles. The van der Waals surface area contributed by atoms with Crippen molar-refractivity contribution in [2.45, 2.75) is 26.7 Å². The van der Waals surface area contributed by atoms with E-state index in [9.17, 15) is 9.59 Å². The molecule has 0 aliphatic carbocycles. The molecule has 1 aliphatic rings. The third kappa shape index (κ3) is 5.22. The molecular formula is C18H22N2O4. The predicted molar refractivity (Wildman–Crippen MR) is 91.7 cm³/mol. The zero-order chi connectivity index (χ0) is 17.4. The zero-order valence-electron chi connectivity index (χ0n) is 14.0. The highest BCUT2D eigenvalue weighted by Gasteiger charge is 2.22. The summed E-state index contributed by atoms with van der Waals surface area (Å²) in [6, 6.07) is 7.71. The van der Waals surface area contributed by atoms with Gasteiger partial charge < -0.3 is 9.47 Å². The van der Waals surface area contributed by atoms with Crippen molar-refractivity contribution in [3.05, 3.63) is 35.9 Å². The molecule has 0 fully saturated rings. The number of rotatable bonds is 7. The maximum absolute atomic E-state index is 11.8. The molecule has 0 saturated heterocycles. The molecule has 0 N–H and O–H groups in total. The Balaban J connectivity index is 2.01. The minimum atomic E-state index is -0.452. The van der Waals surface area contributed by atoms with Gasteiger partial charge in [0.1, 0.15) is 12.3 Å². The van der Waals surface area contributed by atoms with Crippen molar-refractivity contribution in [1.29, 1.82) is 0 Å². The highest BCUT2D eigenvalue weighted by molar-refractivity contribution is 6.02. The normalized spacial score (nSPS) is 14.7. The molecule has 128 valence electrons. The molecule has 0 saturated carbocycles. The van der Waals surface area contributed by atoms with E-state index < -0.39 is 5.97 Å². The average Bonchev–Trinajstić information content (AvgIpc) is 2.57. The van der Waals surface area contributed by atoms with Gasteiger partial charge in [0, 0.05) is 12.8 Å². The maximum atomic E-state index is 11.8. The molecule has 1 aromatic rings. The van der Waals surface area contributed by atoms with Crippen LogP contribution >= 0.6 is 0 Å². The topological polar surface area (TPSA) is 68.2 Å². The molecule has 0 atom stereocenters. The highest BCUT2D eigenvalue weighted by atomic mass is 16.5. The van der Waals surface area contributed by atoms with Crippen molar-refractivity contribution in [3.8, 4) is 5.75 Å². The van der Waals surface area contributed by atoms with Gasteiger partial charge in [-0.15, -0.1) is 0 Å². The summed E-state index contributed by atoms with van der Waals surface area (Å²) in [6.07, 6.45) is 4.69. The largest absolute Gasteiger partial charge is 0.494 e. The van der Waals surface area contributed by atoms with Crippen LogP contribution in [0.3, 0.4) is 0 Å². The Morgan fingerprint density at radius 1 is 1.17 bits per heavy atom. The number of carbonyl (C=O) groups excluding carboxylic acids is 2. The van der Waals surface area contributed by atoms with Crippen molar-refractivity contribution >= 4 is 23.7 Å². The molecular weight excluding hydrogens is 308 g/mol. The van der Waals surface area contributed by atoms with E-state index in [0.717, 1.165) is 17.0 Å². The fourth-order valence-electron chi connectivity index (χ4n) is 2.23. The number of ether oxygens (including phenoxy) is 2. The molecule has 0 unspecified atom stereocenters. The molecule has 0 radical (unpaired) electrons. The van der Waals surface area contributed by atoms with Crippen molar-refractivity contribution in [3.63, 3.8) is 0 Å². The van der Waals surface area contributed by atoms with Gasteiger partial charge in [-0.05, 0) is 37.6 Å². The Bertz CT molecular complexity index is 635. The van der Waals surface area contributed by atoms with Crippen LogP contribution in [0.2, 0.25) is 0 Å². The molecule has 1 aromatic carbocycles. The molecule has 2 rings (SSSR count). The van der Waals surface area contributed by atoms with E-state index in [2.05, 4.69) is 5.10 Å². The molecule has 0 aromatic heterocycles. The van der Waals surface area contributed by atoms with Gasteiger partial charge in [-0.3, -0.25) is 9.59 Å². The fourth-order valence-corrected chi connectivity index (χ4v) is 2.23. The summed E-state index contributed by atoms with van der Waals surface area (Å²) in [6.45, 7) is 4.45. The summed E-state index contributed by atoms with van der Waals surface area (Å²) in [7, 11) is 0. The first kappa shape index (κ1) is 17.7. The number of hydrazone groups is 1. The van der Waals surface area contributed by atoms with Crippen LogP contribution in [-0.4, -0.2) is 42.4 Å². The van der Waals surface area contributed by atoms with Crippen LogP contribution < -0.4 is 4.74 Å². The van der Waals surface area contributed by atoms with Gasteiger partial charge in [0.05, 0.1) is 18.9 Å². The van der Waals surface area contributed by atoms with E-state index in [0.29, 0.717) is 19.4 Å². The number of allylic oxidation sites excluding steroid dienone is 1. The smallest absolute Gasteiger partial charge is 0.327 e. The quantitative estimate of drug-likeness (QED) is 0.721.